The molecule has 3 aromatic rings. The lowest BCUT2D eigenvalue weighted by Gasteiger charge is -2.27. The molecule has 0 radical (unpaired) electrons. The van der Waals surface area contributed by atoms with Crippen molar-refractivity contribution in [1.29, 1.82) is 0 Å². The zero-order valence-electron chi connectivity index (χ0n) is 18.9. The number of thiophene rings is 1. The Bertz CT molecular complexity index is 1290. The number of carbonyl (C=O) groups is 2. The number of rotatable bonds is 8. The first-order valence-corrected chi connectivity index (χ1v) is 13.5. The maximum Gasteiger partial charge on any atom is 0.251 e. The highest BCUT2D eigenvalue weighted by Gasteiger charge is 2.22. The first-order chi connectivity index (χ1) is 16.3. The standard InChI is InChI=1S/C25H27N3O4S2/c1-18-7-8-21(34(31,32)27-16-19-5-3-2-4-6-19)15-22(18)25(30)26-12-9-24(29)28-13-10-23-20(17-28)11-14-33-23/h2-8,11,14-15,27H,9-10,12-13,16-17H2,1H3,(H,26,30). The summed E-state index contributed by atoms with van der Waals surface area (Å²) >= 11 is 1.72. The summed E-state index contributed by atoms with van der Waals surface area (Å²) in [4.78, 5) is 28.5. The monoisotopic (exact) mass is 497 g/mol. The van der Waals surface area contributed by atoms with Gasteiger partial charge < -0.3 is 10.2 Å². The Hall–Kier alpha value is -3.01. The lowest BCUT2D eigenvalue weighted by molar-refractivity contribution is -0.131. The molecule has 2 amide bonds. The molecule has 7 nitrogen and oxygen atoms in total. The van der Waals surface area contributed by atoms with Crippen LogP contribution in [0.3, 0.4) is 0 Å². The third-order valence-electron chi connectivity index (χ3n) is 5.86. The number of hydrogen-bond acceptors (Lipinski definition) is 5. The van der Waals surface area contributed by atoms with Crippen LogP contribution >= 0.6 is 11.3 Å². The minimum Gasteiger partial charge on any atom is -0.352 e. The number of sulfonamides is 1. The first kappa shape index (κ1) is 24.1. The fraction of sp³-hybridized carbons (Fsp3) is 0.280. The Kier molecular flexibility index (Phi) is 7.45. The van der Waals surface area contributed by atoms with Crippen molar-refractivity contribution in [3.05, 3.63) is 87.1 Å². The lowest BCUT2D eigenvalue weighted by atomic mass is 10.1. The van der Waals surface area contributed by atoms with Crippen LogP contribution in [0.4, 0.5) is 0 Å². The summed E-state index contributed by atoms with van der Waals surface area (Å²) in [5.74, 6) is -0.403. The molecule has 0 bridgehead atoms. The van der Waals surface area contributed by atoms with E-state index in [1.54, 1.807) is 24.3 Å². The Morgan fingerprint density at radius 2 is 1.88 bits per heavy atom. The highest BCUT2D eigenvalue weighted by Crippen LogP contribution is 2.24. The molecule has 0 aliphatic carbocycles. The van der Waals surface area contributed by atoms with E-state index in [1.807, 2.05) is 40.6 Å². The summed E-state index contributed by atoms with van der Waals surface area (Å²) in [6.45, 7) is 3.40. The Balaban J connectivity index is 1.34. The fourth-order valence-electron chi connectivity index (χ4n) is 3.87. The van der Waals surface area contributed by atoms with Gasteiger partial charge in [0.25, 0.3) is 5.91 Å². The molecule has 1 aromatic heterocycles. The second-order valence-electron chi connectivity index (χ2n) is 8.23. The zero-order valence-corrected chi connectivity index (χ0v) is 20.5. The van der Waals surface area contributed by atoms with E-state index in [9.17, 15) is 18.0 Å². The van der Waals surface area contributed by atoms with Crippen molar-refractivity contribution in [3.63, 3.8) is 0 Å². The van der Waals surface area contributed by atoms with Gasteiger partial charge in [-0.05, 0) is 53.6 Å². The van der Waals surface area contributed by atoms with Crippen molar-refractivity contribution < 1.29 is 18.0 Å². The second kappa shape index (κ2) is 10.5. The van der Waals surface area contributed by atoms with E-state index in [1.165, 1.54) is 22.6 Å². The van der Waals surface area contributed by atoms with Gasteiger partial charge in [0.15, 0.2) is 0 Å². The molecule has 2 N–H and O–H groups in total. The third-order valence-corrected chi connectivity index (χ3v) is 8.28. The Morgan fingerprint density at radius 1 is 1.09 bits per heavy atom. The number of amides is 2. The van der Waals surface area contributed by atoms with Gasteiger partial charge in [0.2, 0.25) is 15.9 Å². The van der Waals surface area contributed by atoms with Gasteiger partial charge in [-0.3, -0.25) is 9.59 Å². The molecule has 0 saturated heterocycles. The predicted octanol–water partition coefficient (Wildman–Crippen LogP) is 3.24. The number of nitrogens with zero attached hydrogens (tertiary/aromatic N) is 1. The number of fused-ring (bicyclic) bond motifs is 1. The zero-order chi connectivity index (χ0) is 24.1. The fourth-order valence-corrected chi connectivity index (χ4v) is 5.80. The van der Waals surface area contributed by atoms with Crippen molar-refractivity contribution in [2.24, 2.45) is 0 Å². The van der Waals surface area contributed by atoms with E-state index in [0.29, 0.717) is 18.7 Å². The van der Waals surface area contributed by atoms with Gasteiger partial charge in [-0.25, -0.2) is 13.1 Å². The van der Waals surface area contributed by atoms with Crippen molar-refractivity contribution >= 4 is 33.2 Å². The normalized spacial score (nSPS) is 13.4. The summed E-state index contributed by atoms with van der Waals surface area (Å²) in [5.41, 5.74) is 2.97. The minimum absolute atomic E-state index is 0.00434. The van der Waals surface area contributed by atoms with Crippen LogP contribution in [0, 0.1) is 6.92 Å². The topological polar surface area (TPSA) is 95.6 Å². The van der Waals surface area contributed by atoms with Gasteiger partial charge in [0.05, 0.1) is 4.90 Å². The van der Waals surface area contributed by atoms with Crippen LogP contribution in [-0.2, 0) is 34.3 Å². The van der Waals surface area contributed by atoms with E-state index in [0.717, 1.165) is 12.0 Å². The van der Waals surface area contributed by atoms with Crippen LogP contribution in [0.2, 0.25) is 0 Å². The number of benzene rings is 2. The molecule has 2 aromatic carbocycles. The Labute approximate surface area is 203 Å². The number of carbonyl (C=O) groups excluding carboxylic acids is 2. The van der Waals surface area contributed by atoms with E-state index < -0.39 is 15.9 Å². The molecule has 4 rings (SSSR count). The van der Waals surface area contributed by atoms with Crippen molar-refractivity contribution in [3.8, 4) is 0 Å². The number of hydrogen-bond donors (Lipinski definition) is 2. The second-order valence-corrected chi connectivity index (χ2v) is 11.0. The van der Waals surface area contributed by atoms with Gasteiger partial charge >= 0.3 is 0 Å². The van der Waals surface area contributed by atoms with Crippen LogP contribution in [0.1, 0.15) is 38.3 Å². The molecule has 2 heterocycles. The van der Waals surface area contributed by atoms with E-state index in [4.69, 9.17) is 0 Å². The number of aryl methyl sites for hydroxylation is 1. The molecule has 178 valence electrons. The molecule has 34 heavy (non-hydrogen) atoms. The highest BCUT2D eigenvalue weighted by atomic mass is 32.2. The van der Waals surface area contributed by atoms with Gasteiger partial charge in [-0.2, -0.15) is 0 Å². The van der Waals surface area contributed by atoms with Gasteiger partial charge in [0.1, 0.15) is 0 Å². The molecule has 0 unspecified atom stereocenters. The van der Waals surface area contributed by atoms with Crippen molar-refractivity contribution in [2.45, 2.75) is 37.8 Å². The lowest BCUT2D eigenvalue weighted by Crippen LogP contribution is -2.37. The molecular formula is C25H27N3O4S2. The predicted molar refractivity (Wildman–Crippen MR) is 132 cm³/mol. The summed E-state index contributed by atoms with van der Waals surface area (Å²) in [7, 11) is -3.79. The minimum atomic E-state index is -3.79. The molecule has 0 atom stereocenters. The maximum atomic E-state index is 12.8. The van der Waals surface area contributed by atoms with Crippen LogP contribution in [0.15, 0.2) is 64.9 Å². The number of nitrogens with one attached hydrogen (secondary N) is 2. The van der Waals surface area contributed by atoms with E-state index >= 15 is 0 Å². The van der Waals surface area contributed by atoms with Crippen LogP contribution < -0.4 is 10.0 Å². The van der Waals surface area contributed by atoms with Crippen molar-refractivity contribution in [1.82, 2.24) is 14.9 Å². The largest absolute Gasteiger partial charge is 0.352 e. The average molecular weight is 498 g/mol. The summed E-state index contributed by atoms with van der Waals surface area (Å²) in [5, 5.41) is 4.81. The van der Waals surface area contributed by atoms with Gasteiger partial charge in [-0.1, -0.05) is 36.4 Å². The van der Waals surface area contributed by atoms with Crippen LogP contribution in [0.5, 0.6) is 0 Å². The van der Waals surface area contributed by atoms with Crippen molar-refractivity contribution in [2.75, 3.05) is 13.1 Å². The first-order valence-electron chi connectivity index (χ1n) is 11.1. The molecule has 9 heteroatoms. The molecule has 1 aliphatic heterocycles. The van der Waals surface area contributed by atoms with Gasteiger partial charge in [0, 0.05) is 43.0 Å². The molecule has 0 spiro atoms. The summed E-state index contributed by atoms with van der Waals surface area (Å²) < 4.78 is 28.1. The highest BCUT2D eigenvalue weighted by molar-refractivity contribution is 7.89. The SMILES string of the molecule is Cc1ccc(S(=O)(=O)NCc2ccccc2)cc1C(=O)NCCC(=O)N1CCc2sccc2C1. The smallest absolute Gasteiger partial charge is 0.251 e. The van der Waals surface area contributed by atoms with Crippen LogP contribution in [-0.4, -0.2) is 38.2 Å². The maximum absolute atomic E-state index is 12.8. The molecule has 0 fully saturated rings. The van der Waals surface area contributed by atoms with Crippen LogP contribution in [0.25, 0.3) is 0 Å². The van der Waals surface area contributed by atoms with E-state index in [-0.39, 0.29) is 35.9 Å². The summed E-state index contributed by atoms with van der Waals surface area (Å²) in [6.07, 6.45) is 1.06. The van der Waals surface area contributed by atoms with E-state index in [2.05, 4.69) is 16.1 Å². The van der Waals surface area contributed by atoms with Gasteiger partial charge in [-0.15, -0.1) is 11.3 Å². The Morgan fingerprint density at radius 3 is 2.68 bits per heavy atom. The quantitative estimate of drug-likeness (QED) is 0.500. The molecule has 0 saturated carbocycles. The molecule has 1 aliphatic rings. The molecular weight excluding hydrogens is 470 g/mol. The average Bonchev–Trinajstić information content (AvgIpc) is 3.31. The summed E-state index contributed by atoms with van der Waals surface area (Å²) in [6, 6.07) is 15.7. The third kappa shape index (κ3) is 5.72.